The lowest BCUT2D eigenvalue weighted by Crippen LogP contribution is -2.43. The zero-order chi connectivity index (χ0) is 13.2. The van der Waals surface area contributed by atoms with Crippen LogP contribution in [0.15, 0.2) is 18.3 Å². The van der Waals surface area contributed by atoms with Crippen molar-refractivity contribution in [3.05, 3.63) is 24.0 Å². The number of carbonyl (C=O) groups is 2. The average molecular weight is 250 g/mol. The molecule has 5 nitrogen and oxygen atoms in total. The lowest BCUT2D eigenvalue weighted by molar-refractivity contribution is -0.118. The van der Waals surface area contributed by atoms with E-state index in [-0.39, 0.29) is 5.60 Å². The highest BCUT2D eigenvalue weighted by atomic mass is 16.5. The number of amides is 1. The maximum absolute atomic E-state index is 11.9. The van der Waals surface area contributed by atoms with Crippen molar-refractivity contribution in [1.29, 1.82) is 0 Å². The Hall–Kier alpha value is -1.62. The van der Waals surface area contributed by atoms with Crippen molar-refractivity contribution in [2.24, 2.45) is 7.05 Å². The summed E-state index contributed by atoms with van der Waals surface area (Å²) < 4.78 is 7.19. The zero-order valence-electron chi connectivity index (χ0n) is 10.7. The Kier molecular flexibility index (Phi) is 3.52. The molecule has 0 bridgehead atoms. The van der Waals surface area contributed by atoms with Gasteiger partial charge in [0.2, 0.25) is 0 Å². The topological polar surface area (TPSA) is 60.3 Å². The molecule has 18 heavy (non-hydrogen) atoms. The second kappa shape index (κ2) is 4.94. The van der Waals surface area contributed by atoms with Crippen molar-refractivity contribution < 1.29 is 14.3 Å². The molecule has 1 amide bonds. The number of ether oxygens (including phenoxy) is 1. The highest BCUT2D eigenvalue weighted by Gasteiger charge is 2.31. The molecule has 1 unspecified atom stereocenters. The van der Waals surface area contributed by atoms with E-state index in [0.29, 0.717) is 12.2 Å². The molecule has 0 saturated carbocycles. The molecule has 1 aliphatic heterocycles. The molecule has 1 aromatic rings. The number of hydrogen-bond acceptors (Lipinski definition) is 3. The van der Waals surface area contributed by atoms with Crippen molar-refractivity contribution >= 4 is 11.7 Å². The molecule has 1 saturated heterocycles. The van der Waals surface area contributed by atoms with E-state index in [1.807, 2.05) is 6.92 Å². The van der Waals surface area contributed by atoms with Crippen LogP contribution in [-0.4, -0.2) is 35.0 Å². The van der Waals surface area contributed by atoms with E-state index in [1.165, 1.54) is 0 Å². The fraction of sp³-hybridized carbons (Fsp3) is 0.538. The summed E-state index contributed by atoms with van der Waals surface area (Å²) in [7, 11) is 1.74. The van der Waals surface area contributed by atoms with E-state index in [0.717, 1.165) is 19.4 Å². The minimum absolute atomic E-state index is 0.329. The van der Waals surface area contributed by atoms with Gasteiger partial charge in [-0.15, -0.1) is 0 Å². The van der Waals surface area contributed by atoms with Crippen molar-refractivity contribution in [3.63, 3.8) is 0 Å². The van der Waals surface area contributed by atoms with E-state index in [9.17, 15) is 9.59 Å². The molecule has 2 rings (SSSR count). The van der Waals surface area contributed by atoms with Crippen molar-refractivity contribution in [1.82, 2.24) is 9.88 Å². The molecule has 1 N–H and O–H groups in total. The van der Waals surface area contributed by atoms with E-state index >= 15 is 0 Å². The minimum atomic E-state index is -0.575. The predicted molar refractivity (Wildman–Crippen MR) is 66.3 cm³/mol. The fourth-order valence-corrected chi connectivity index (χ4v) is 2.14. The van der Waals surface area contributed by atoms with Gasteiger partial charge in [-0.25, -0.2) is 0 Å². The Morgan fingerprint density at radius 1 is 1.56 bits per heavy atom. The van der Waals surface area contributed by atoms with Gasteiger partial charge in [-0.1, -0.05) is 0 Å². The predicted octanol–water partition coefficient (Wildman–Crippen LogP) is 0.893. The van der Waals surface area contributed by atoms with E-state index in [2.05, 4.69) is 5.32 Å². The van der Waals surface area contributed by atoms with Gasteiger partial charge in [0.05, 0.1) is 11.3 Å². The molecule has 0 aliphatic carbocycles. The van der Waals surface area contributed by atoms with Crippen LogP contribution < -0.4 is 5.32 Å². The third-order valence-corrected chi connectivity index (χ3v) is 3.31. The van der Waals surface area contributed by atoms with E-state index in [4.69, 9.17) is 4.74 Å². The summed E-state index contributed by atoms with van der Waals surface area (Å²) in [5.74, 6) is -1.09. The second-order valence-electron chi connectivity index (χ2n) is 4.92. The molecule has 1 aliphatic rings. The molecule has 5 heteroatoms. The number of Topliss-reactive ketones (excluding diaryl/α,β-unsaturated/α-hetero) is 1. The number of hydrogen-bond donors (Lipinski definition) is 1. The number of aromatic nitrogens is 1. The summed E-state index contributed by atoms with van der Waals surface area (Å²) in [5.41, 5.74) is 0.0643. The van der Waals surface area contributed by atoms with Crippen LogP contribution in [0.5, 0.6) is 0 Å². The molecular formula is C13H18N2O3. The van der Waals surface area contributed by atoms with Crippen LogP contribution in [-0.2, 0) is 16.6 Å². The average Bonchev–Trinajstić information content (AvgIpc) is 2.95. The highest BCUT2D eigenvalue weighted by Crippen LogP contribution is 2.23. The van der Waals surface area contributed by atoms with Crippen LogP contribution in [0.1, 0.15) is 30.3 Å². The third-order valence-electron chi connectivity index (χ3n) is 3.31. The first-order chi connectivity index (χ1) is 8.52. The van der Waals surface area contributed by atoms with Gasteiger partial charge in [-0.3, -0.25) is 9.59 Å². The van der Waals surface area contributed by atoms with Gasteiger partial charge in [0.25, 0.3) is 11.7 Å². The summed E-state index contributed by atoms with van der Waals surface area (Å²) in [4.78, 5) is 23.6. The first kappa shape index (κ1) is 12.8. The molecule has 2 heterocycles. The number of carbonyl (C=O) groups excluding carboxylic acids is 2. The number of nitrogens with one attached hydrogen (secondary N) is 1. The Labute approximate surface area is 106 Å². The number of rotatable bonds is 4. The van der Waals surface area contributed by atoms with E-state index < -0.39 is 11.7 Å². The molecule has 1 fully saturated rings. The Morgan fingerprint density at radius 2 is 2.33 bits per heavy atom. The molecule has 98 valence electrons. The summed E-state index contributed by atoms with van der Waals surface area (Å²) in [6.07, 6.45) is 3.64. The Bertz CT molecular complexity index is 459. The number of aryl methyl sites for hydroxylation is 1. The first-order valence-electron chi connectivity index (χ1n) is 6.10. The number of nitrogens with zero attached hydrogens (tertiary/aromatic N) is 1. The van der Waals surface area contributed by atoms with Crippen molar-refractivity contribution in [2.75, 3.05) is 13.2 Å². The summed E-state index contributed by atoms with van der Waals surface area (Å²) in [5, 5.41) is 2.65. The van der Waals surface area contributed by atoms with Gasteiger partial charge < -0.3 is 14.6 Å². The van der Waals surface area contributed by atoms with Crippen molar-refractivity contribution in [3.8, 4) is 0 Å². The van der Waals surface area contributed by atoms with Crippen molar-refractivity contribution in [2.45, 2.75) is 25.4 Å². The Balaban J connectivity index is 1.92. The van der Waals surface area contributed by atoms with Crippen LogP contribution in [0.4, 0.5) is 0 Å². The van der Waals surface area contributed by atoms with Gasteiger partial charge in [-0.05, 0) is 31.9 Å². The SMILES string of the molecule is Cn1cccc1C(=O)C(=O)NCC1(C)CCCO1. The molecule has 1 atom stereocenters. The van der Waals surface area contributed by atoms with Crippen LogP contribution in [0, 0.1) is 0 Å². The largest absolute Gasteiger partial charge is 0.373 e. The monoisotopic (exact) mass is 250 g/mol. The lowest BCUT2D eigenvalue weighted by Gasteiger charge is -2.23. The molecule has 0 spiro atoms. The molecular weight excluding hydrogens is 232 g/mol. The maximum atomic E-state index is 11.9. The van der Waals surface area contributed by atoms with Gasteiger partial charge in [0.15, 0.2) is 0 Å². The zero-order valence-corrected chi connectivity index (χ0v) is 10.7. The van der Waals surface area contributed by atoms with Crippen LogP contribution in [0.2, 0.25) is 0 Å². The van der Waals surface area contributed by atoms with Gasteiger partial charge in [-0.2, -0.15) is 0 Å². The summed E-state index contributed by atoms with van der Waals surface area (Å²) in [6, 6.07) is 3.37. The van der Waals surface area contributed by atoms with Gasteiger partial charge in [0, 0.05) is 26.4 Å². The van der Waals surface area contributed by atoms with Gasteiger partial charge >= 0.3 is 0 Å². The highest BCUT2D eigenvalue weighted by molar-refractivity contribution is 6.42. The maximum Gasteiger partial charge on any atom is 0.294 e. The molecule has 0 aromatic carbocycles. The van der Waals surface area contributed by atoms with Crippen LogP contribution in [0.25, 0.3) is 0 Å². The van der Waals surface area contributed by atoms with Crippen LogP contribution in [0.3, 0.4) is 0 Å². The van der Waals surface area contributed by atoms with E-state index in [1.54, 1.807) is 29.9 Å². The second-order valence-corrected chi connectivity index (χ2v) is 4.92. The normalized spacial score (nSPS) is 23.0. The third kappa shape index (κ3) is 2.61. The summed E-state index contributed by atoms with van der Waals surface area (Å²) >= 11 is 0. The van der Waals surface area contributed by atoms with Crippen LogP contribution >= 0.6 is 0 Å². The minimum Gasteiger partial charge on any atom is -0.373 e. The quantitative estimate of drug-likeness (QED) is 0.638. The molecule has 1 aromatic heterocycles. The Morgan fingerprint density at radius 3 is 2.89 bits per heavy atom. The molecule has 0 radical (unpaired) electrons. The smallest absolute Gasteiger partial charge is 0.294 e. The first-order valence-corrected chi connectivity index (χ1v) is 6.10. The lowest BCUT2D eigenvalue weighted by atomic mass is 10.0. The standard InChI is InChI=1S/C13H18N2O3/c1-13(6-4-8-18-13)9-14-12(17)11(16)10-5-3-7-15(10)2/h3,5,7H,4,6,8-9H2,1-2H3,(H,14,17). The summed E-state index contributed by atoms with van der Waals surface area (Å²) in [6.45, 7) is 3.05. The fourth-order valence-electron chi connectivity index (χ4n) is 2.14. The van der Waals surface area contributed by atoms with Gasteiger partial charge in [0.1, 0.15) is 0 Å². The number of ketones is 1.